The van der Waals surface area contributed by atoms with Crippen molar-refractivity contribution in [2.45, 2.75) is 0 Å². The van der Waals surface area contributed by atoms with Crippen molar-refractivity contribution < 1.29 is 119 Å². The van der Waals surface area contributed by atoms with Crippen LogP contribution in [0.1, 0.15) is 1.43 Å². The van der Waals surface area contributed by atoms with Gasteiger partial charge in [0.2, 0.25) is 0 Å². The second-order valence-electron chi connectivity index (χ2n) is 3.35. The van der Waals surface area contributed by atoms with Gasteiger partial charge in [0.15, 0.2) is 0 Å². The van der Waals surface area contributed by atoms with Crippen LogP contribution in [0, 0.1) is 7.43 Å². The molecule has 0 aliphatic heterocycles. The minimum atomic E-state index is -4.56. The van der Waals surface area contributed by atoms with Crippen LogP contribution < -0.4 is 114 Å². The maximum absolute atomic E-state index is 11.3. The molecule has 0 spiro atoms. The Morgan fingerprint density at radius 1 is 1.20 bits per heavy atom. The third-order valence-corrected chi connectivity index (χ3v) is 3.32. The van der Waals surface area contributed by atoms with Gasteiger partial charge in [0, 0.05) is 11.2 Å². The number of H-pyrrole nitrogens is 1. The van der Waals surface area contributed by atoms with E-state index in [0.717, 1.165) is 6.20 Å². The Balaban J connectivity index is -0.000000810. The van der Waals surface area contributed by atoms with Gasteiger partial charge in [-0.15, -0.1) is 0 Å². The molecule has 6 nitrogen and oxygen atoms in total. The summed E-state index contributed by atoms with van der Waals surface area (Å²) in [6, 6.07) is 6.43. The standard InChI is InChI=1S/C9H8ClN2O4P.CH3.2K.H/c10-6-1-3-7(4-2-6)12-5-8(9(13)11-12)17(14,15)16;;;;/h1-5H,(H,11,13)(H2,14,15,16);1H3;;;/q;-1;2*+1;-1. The molecule has 0 saturated heterocycles. The van der Waals surface area contributed by atoms with Crippen LogP contribution in [0.3, 0.4) is 0 Å². The zero-order valence-corrected chi connectivity index (χ0v) is 19.3. The Labute approximate surface area is 207 Å². The Bertz CT molecular complexity index is 656. The molecule has 2 rings (SSSR count). The molecule has 10 heteroatoms. The Kier molecular flexibility index (Phi) is 12.0. The quantitative estimate of drug-likeness (QED) is 0.282. The maximum atomic E-state index is 11.3. The fourth-order valence-corrected chi connectivity index (χ4v) is 2.03. The molecule has 0 aliphatic rings. The fourth-order valence-electron chi connectivity index (χ4n) is 1.33. The number of aromatic amines is 1. The predicted octanol–water partition coefficient (Wildman–Crippen LogP) is -4.81. The first-order valence-electron chi connectivity index (χ1n) is 4.51. The number of nitrogens with zero attached hydrogens (tertiary/aromatic N) is 1. The van der Waals surface area contributed by atoms with Gasteiger partial charge in [-0.2, -0.15) is 0 Å². The number of benzene rings is 1. The number of halogens is 1. The summed E-state index contributed by atoms with van der Waals surface area (Å²) >= 11 is 5.70. The van der Waals surface area contributed by atoms with Crippen molar-refractivity contribution in [1.82, 2.24) is 9.78 Å². The van der Waals surface area contributed by atoms with Crippen LogP contribution in [-0.4, -0.2) is 19.6 Å². The molecule has 0 saturated carbocycles. The van der Waals surface area contributed by atoms with Crippen LogP contribution in [-0.2, 0) is 4.57 Å². The van der Waals surface area contributed by atoms with Gasteiger partial charge in [0.1, 0.15) is 5.30 Å². The molecule has 20 heavy (non-hydrogen) atoms. The van der Waals surface area contributed by atoms with Gasteiger partial charge < -0.3 is 18.6 Å². The molecule has 1 aromatic carbocycles. The fraction of sp³-hybridized carbons (Fsp3) is 0. The molecule has 0 atom stereocenters. The summed E-state index contributed by atoms with van der Waals surface area (Å²) in [5, 5.41) is 2.28. The normalized spacial score (nSPS) is 9.95. The van der Waals surface area contributed by atoms with E-state index in [4.69, 9.17) is 21.4 Å². The smallest absolute Gasteiger partial charge is 1.00 e. The van der Waals surface area contributed by atoms with Gasteiger partial charge in [0.05, 0.1) is 5.69 Å². The maximum Gasteiger partial charge on any atom is 1.00 e. The molecule has 3 N–H and O–H groups in total. The number of hydrogen-bond acceptors (Lipinski definition) is 2. The molecular formula is C10H12ClK2N2O4P. The van der Waals surface area contributed by atoms with E-state index in [1.807, 2.05) is 0 Å². The minimum Gasteiger partial charge on any atom is -1.00 e. The van der Waals surface area contributed by atoms with Crippen molar-refractivity contribution in [1.29, 1.82) is 0 Å². The monoisotopic (exact) mass is 368 g/mol. The summed E-state index contributed by atoms with van der Waals surface area (Å²) in [5.74, 6) is 0. The van der Waals surface area contributed by atoms with Crippen LogP contribution in [0.2, 0.25) is 5.02 Å². The third kappa shape index (κ3) is 6.21. The first-order chi connectivity index (χ1) is 7.88. The largest absolute Gasteiger partial charge is 1.00 e. The summed E-state index contributed by atoms with van der Waals surface area (Å²) in [6.07, 6.45) is 1.08. The SMILES string of the molecule is O=c1[nH]n(-c2ccc(Cl)cc2)cc1P(=O)(O)O.[CH3-].[H-].[K+].[K+]. The van der Waals surface area contributed by atoms with E-state index in [-0.39, 0.29) is 112 Å². The Hall–Kier alpha value is 1.94. The van der Waals surface area contributed by atoms with Crippen molar-refractivity contribution >= 4 is 24.5 Å². The number of hydrogen-bond donors (Lipinski definition) is 3. The summed E-state index contributed by atoms with van der Waals surface area (Å²) in [6.45, 7) is 0. The second kappa shape index (κ2) is 9.94. The van der Waals surface area contributed by atoms with Gasteiger partial charge >= 0.3 is 110 Å². The summed E-state index contributed by atoms with van der Waals surface area (Å²) in [4.78, 5) is 29.2. The Morgan fingerprint density at radius 2 is 1.70 bits per heavy atom. The molecule has 1 heterocycles. The summed E-state index contributed by atoms with van der Waals surface area (Å²) in [5.41, 5.74) is -0.264. The molecule has 0 bridgehead atoms. The molecule has 0 aliphatic carbocycles. The minimum absolute atomic E-state index is 0. The van der Waals surface area contributed by atoms with Gasteiger partial charge in [-0.1, -0.05) is 11.6 Å². The van der Waals surface area contributed by atoms with Crippen LogP contribution >= 0.6 is 19.2 Å². The van der Waals surface area contributed by atoms with E-state index in [9.17, 15) is 9.36 Å². The molecular weight excluding hydrogens is 357 g/mol. The molecule has 0 radical (unpaired) electrons. The number of nitrogens with one attached hydrogen (secondary N) is 1. The Morgan fingerprint density at radius 3 is 2.10 bits per heavy atom. The van der Waals surface area contributed by atoms with Gasteiger partial charge in [0.25, 0.3) is 5.56 Å². The third-order valence-electron chi connectivity index (χ3n) is 2.12. The zero-order valence-electron chi connectivity index (χ0n) is 12.4. The van der Waals surface area contributed by atoms with Crippen molar-refractivity contribution in [3.05, 3.63) is 53.3 Å². The van der Waals surface area contributed by atoms with Crippen molar-refractivity contribution in [2.24, 2.45) is 0 Å². The van der Waals surface area contributed by atoms with Crippen molar-refractivity contribution in [3.63, 3.8) is 0 Å². The van der Waals surface area contributed by atoms with Crippen LogP contribution in [0.4, 0.5) is 0 Å². The molecule has 0 amide bonds. The first-order valence-corrected chi connectivity index (χ1v) is 6.51. The molecule has 0 unspecified atom stereocenters. The number of rotatable bonds is 2. The predicted molar refractivity (Wildman–Crippen MR) is 70.6 cm³/mol. The van der Waals surface area contributed by atoms with E-state index in [2.05, 4.69) is 5.10 Å². The van der Waals surface area contributed by atoms with Crippen molar-refractivity contribution in [3.8, 4) is 5.69 Å². The number of aromatic nitrogens is 2. The van der Waals surface area contributed by atoms with Gasteiger partial charge in [-0.25, -0.2) is 0 Å². The zero-order chi connectivity index (χ0) is 12.6. The van der Waals surface area contributed by atoms with E-state index >= 15 is 0 Å². The van der Waals surface area contributed by atoms with Gasteiger partial charge in [-0.05, 0) is 24.3 Å². The summed E-state index contributed by atoms with van der Waals surface area (Å²) < 4.78 is 12.2. The average Bonchev–Trinajstić information content (AvgIpc) is 2.61. The van der Waals surface area contributed by atoms with Crippen LogP contribution in [0.15, 0.2) is 35.3 Å². The molecule has 0 fully saturated rings. The second-order valence-corrected chi connectivity index (χ2v) is 5.35. The van der Waals surface area contributed by atoms with Gasteiger partial charge in [-0.3, -0.25) is 19.1 Å². The molecule has 2 aromatic rings. The van der Waals surface area contributed by atoms with Crippen molar-refractivity contribution in [2.75, 3.05) is 0 Å². The van der Waals surface area contributed by atoms with E-state index in [0.29, 0.717) is 10.7 Å². The van der Waals surface area contributed by atoms with E-state index < -0.39 is 18.5 Å². The molecule has 1 aromatic heterocycles. The van der Waals surface area contributed by atoms with Crippen LogP contribution in [0.5, 0.6) is 0 Å². The molecule has 100 valence electrons. The topological polar surface area (TPSA) is 95.3 Å². The van der Waals surface area contributed by atoms with E-state index in [1.54, 1.807) is 24.3 Å². The first kappa shape index (κ1) is 24.2. The summed E-state index contributed by atoms with van der Waals surface area (Å²) in [7, 11) is -4.56. The van der Waals surface area contributed by atoms with E-state index in [1.165, 1.54) is 4.68 Å². The average molecular weight is 369 g/mol. The van der Waals surface area contributed by atoms with Crippen LogP contribution in [0.25, 0.3) is 5.69 Å².